The molecule has 1 aliphatic heterocycles. The second-order valence-electron chi connectivity index (χ2n) is 6.01. The normalized spacial score (nSPS) is 15.3. The first-order chi connectivity index (χ1) is 12.8. The summed E-state index contributed by atoms with van der Waals surface area (Å²) in [5, 5.41) is 3.11. The first kappa shape index (κ1) is 19.3. The molecule has 0 aromatic heterocycles. The molecule has 27 heavy (non-hydrogen) atoms. The van der Waals surface area contributed by atoms with E-state index in [-0.39, 0.29) is 36.0 Å². The lowest BCUT2D eigenvalue weighted by Gasteiger charge is -2.25. The van der Waals surface area contributed by atoms with Crippen molar-refractivity contribution >= 4 is 33.5 Å². The topological polar surface area (TPSA) is 92.8 Å². The van der Waals surface area contributed by atoms with Crippen LogP contribution in [0, 0.1) is 6.92 Å². The third-order valence-electron chi connectivity index (χ3n) is 4.07. The van der Waals surface area contributed by atoms with Gasteiger partial charge in [0.2, 0.25) is 15.9 Å². The second kappa shape index (κ2) is 7.67. The summed E-state index contributed by atoms with van der Waals surface area (Å²) in [5.74, 6) is -0.578. The maximum absolute atomic E-state index is 12.6. The molecule has 7 nitrogen and oxygen atoms in total. The van der Waals surface area contributed by atoms with Gasteiger partial charge >= 0.3 is 5.97 Å². The summed E-state index contributed by atoms with van der Waals surface area (Å²) in [5.41, 5.74) is 0.915. The minimum Gasteiger partial charge on any atom is -0.423 e. The second-order valence-corrected chi connectivity index (χ2v) is 8.39. The van der Waals surface area contributed by atoms with Crippen molar-refractivity contribution in [3.8, 4) is 5.75 Å². The Morgan fingerprint density at radius 3 is 2.52 bits per heavy atom. The molecule has 1 aliphatic rings. The molecular weight excluding hydrogens is 392 g/mol. The number of nitrogens with zero attached hydrogens (tertiary/aromatic N) is 1. The molecule has 0 saturated carbocycles. The largest absolute Gasteiger partial charge is 0.423 e. The highest BCUT2D eigenvalue weighted by molar-refractivity contribution is 7.89. The predicted octanol–water partition coefficient (Wildman–Crippen LogP) is 1.99. The smallest absolute Gasteiger partial charge is 0.343 e. The van der Waals surface area contributed by atoms with E-state index < -0.39 is 16.0 Å². The van der Waals surface area contributed by atoms with E-state index in [2.05, 4.69) is 5.32 Å². The lowest BCUT2D eigenvalue weighted by molar-refractivity contribution is -0.122. The zero-order valence-electron chi connectivity index (χ0n) is 14.4. The van der Waals surface area contributed by atoms with Gasteiger partial charge in [-0.1, -0.05) is 11.6 Å². The van der Waals surface area contributed by atoms with Crippen LogP contribution in [0.1, 0.15) is 15.9 Å². The van der Waals surface area contributed by atoms with Crippen LogP contribution in [0.25, 0.3) is 0 Å². The van der Waals surface area contributed by atoms with E-state index in [0.29, 0.717) is 16.3 Å². The first-order valence-corrected chi connectivity index (χ1v) is 9.94. The van der Waals surface area contributed by atoms with Gasteiger partial charge < -0.3 is 10.1 Å². The van der Waals surface area contributed by atoms with E-state index in [9.17, 15) is 18.0 Å². The zero-order chi connectivity index (χ0) is 19.6. The van der Waals surface area contributed by atoms with Crippen molar-refractivity contribution in [3.63, 3.8) is 0 Å². The maximum atomic E-state index is 12.6. The SMILES string of the molecule is Cc1cc(Cl)ccc1OC(=O)c1ccc(S(=O)(=O)N2CCNC(=O)C2)cc1. The van der Waals surface area contributed by atoms with Gasteiger partial charge in [-0.05, 0) is 55.0 Å². The molecule has 2 aromatic rings. The standard InChI is InChI=1S/C18H17ClN2O5S/c1-12-10-14(19)4-7-16(12)26-18(23)13-2-5-15(6-3-13)27(24,25)21-9-8-20-17(22)11-21/h2-7,10H,8-9,11H2,1H3,(H,20,22). The number of halogens is 1. The fourth-order valence-electron chi connectivity index (χ4n) is 2.62. The first-order valence-electron chi connectivity index (χ1n) is 8.12. The molecular formula is C18H17ClN2O5S. The summed E-state index contributed by atoms with van der Waals surface area (Å²) in [4.78, 5) is 23.7. The van der Waals surface area contributed by atoms with Crippen LogP contribution >= 0.6 is 11.6 Å². The van der Waals surface area contributed by atoms with Gasteiger partial charge in [0, 0.05) is 18.1 Å². The summed E-state index contributed by atoms with van der Waals surface area (Å²) in [6, 6.07) is 10.3. The van der Waals surface area contributed by atoms with Crippen molar-refractivity contribution in [2.24, 2.45) is 0 Å². The minimum absolute atomic E-state index is 0.0106. The molecule has 9 heteroatoms. The van der Waals surface area contributed by atoms with E-state index in [4.69, 9.17) is 16.3 Å². The molecule has 1 fully saturated rings. The number of piperazine rings is 1. The van der Waals surface area contributed by atoms with Crippen LogP contribution in [0.15, 0.2) is 47.4 Å². The fraction of sp³-hybridized carbons (Fsp3) is 0.222. The van der Waals surface area contributed by atoms with E-state index in [1.165, 1.54) is 24.3 Å². The molecule has 1 saturated heterocycles. The lowest BCUT2D eigenvalue weighted by atomic mass is 10.2. The van der Waals surface area contributed by atoms with Crippen LogP contribution in [0.5, 0.6) is 5.75 Å². The van der Waals surface area contributed by atoms with Gasteiger partial charge in [0.25, 0.3) is 0 Å². The van der Waals surface area contributed by atoms with Gasteiger partial charge in [0.15, 0.2) is 0 Å². The van der Waals surface area contributed by atoms with E-state index in [1.807, 2.05) is 0 Å². The van der Waals surface area contributed by atoms with Crippen molar-refractivity contribution in [2.75, 3.05) is 19.6 Å². The molecule has 0 atom stereocenters. The molecule has 0 bridgehead atoms. The zero-order valence-corrected chi connectivity index (χ0v) is 16.0. The van der Waals surface area contributed by atoms with Crippen molar-refractivity contribution in [3.05, 3.63) is 58.6 Å². The monoisotopic (exact) mass is 408 g/mol. The molecule has 2 aromatic carbocycles. The Balaban J connectivity index is 1.76. The predicted molar refractivity (Wildman–Crippen MR) is 99.4 cm³/mol. The number of nitrogens with one attached hydrogen (secondary N) is 1. The van der Waals surface area contributed by atoms with Gasteiger partial charge in [-0.2, -0.15) is 4.31 Å². The van der Waals surface area contributed by atoms with E-state index in [0.717, 1.165) is 4.31 Å². The third-order valence-corrected chi connectivity index (χ3v) is 6.17. The summed E-state index contributed by atoms with van der Waals surface area (Å²) in [6.07, 6.45) is 0. The highest BCUT2D eigenvalue weighted by atomic mass is 35.5. The van der Waals surface area contributed by atoms with E-state index >= 15 is 0 Å². The number of carbonyl (C=O) groups is 2. The van der Waals surface area contributed by atoms with Crippen LogP contribution in [0.2, 0.25) is 5.02 Å². The number of rotatable bonds is 4. The summed E-state index contributed by atoms with van der Waals surface area (Å²) >= 11 is 5.88. The van der Waals surface area contributed by atoms with Gasteiger partial charge in [-0.25, -0.2) is 13.2 Å². The number of aryl methyl sites for hydroxylation is 1. The molecule has 1 amide bonds. The number of benzene rings is 2. The van der Waals surface area contributed by atoms with Gasteiger partial charge in [-0.3, -0.25) is 4.79 Å². The number of hydrogen-bond donors (Lipinski definition) is 1. The molecule has 3 rings (SSSR count). The summed E-state index contributed by atoms with van der Waals surface area (Å²) < 4.78 is 31.6. The molecule has 1 N–H and O–H groups in total. The molecule has 0 spiro atoms. The number of ether oxygens (including phenoxy) is 1. The van der Waals surface area contributed by atoms with Crippen LogP contribution < -0.4 is 10.1 Å². The summed E-state index contributed by atoms with van der Waals surface area (Å²) in [6.45, 7) is 2.01. The summed E-state index contributed by atoms with van der Waals surface area (Å²) in [7, 11) is -3.80. The third kappa shape index (κ3) is 4.29. The number of esters is 1. The fourth-order valence-corrected chi connectivity index (χ4v) is 4.24. The average molecular weight is 409 g/mol. The molecule has 0 radical (unpaired) electrons. The Morgan fingerprint density at radius 2 is 1.89 bits per heavy atom. The van der Waals surface area contributed by atoms with Gasteiger partial charge in [0.1, 0.15) is 5.75 Å². The number of hydrogen-bond acceptors (Lipinski definition) is 5. The van der Waals surface area contributed by atoms with Crippen molar-refractivity contribution in [1.29, 1.82) is 0 Å². The number of sulfonamides is 1. The average Bonchev–Trinajstić information content (AvgIpc) is 2.64. The molecule has 0 aliphatic carbocycles. The van der Waals surface area contributed by atoms with Gasteiger partial charge in [-0.15, -0.1) is 0 Å². The Hall–Kier alpha value is -2.42. The molecule has 142 valence electrons. The lowest BCUT2D eigenvalue weighted by Crippen LogP contribution is -2.49. The van der Waals surface area contributed by atoms with Crippen molar-refractivity contribution in [1.82, 2.24) is 9.62 Å². The van der Waals surface area contributed by atoms with Crippen LogP contribution in [0.4, 0.5) is 0 Å². The quantitative estimate of drug-likeness (QED) is 0.617. The maximum Gasteiger partial charge on any atom is 0.343 e. The van der Waals surface area contributed by atoms with E-state index in [1.54, 1.807) is 25.1 Å². The van der Waals surface area contributed by atoms with Crippen LogP contribution in [-0.4, -0.2) is 44.2 Å². The highest BCUT2D eigenvalue weighted by Gasteiger charge is 2.29. The van der Waals surface area contributed by atoms with Gasteiger partial charge in [0.05, 0.1) is 17.0 Å². The van der Waals surface area contributed by atoms with Crippen molar-refractivity contribution in [2.45, 2.75) is 11.8 Å². The molecule has 1 heterocycles. The Labute approximate surface area is 161 Å². The Bertz CT molecular complexity index is 989. The number of amides is 1. The Kier molecular flexibility index (Phi) is 5.50. The molecule has 0 unspecified atom stereocenters. The number of carbonyl (C=O) groups excluding carboxylic acids is 2. The highest BCUT2D eigenvalue weighted by Crippen LogP contribution is 2.23. The van der Waals surface area contributed by atoms with Crippen LogP contribution in [0.3, 0.4) is 0 Å². The van der Waals surface area contributed by atoms with Crippen molar-refractivity contribution < 1.29 is 22.7 Å². The minimum atomic E-state index is -3.80. The Morgan fingerprint density at radius 1 is 1.19 bits per heavy atom. The van der Waals surface area contributed by atoms with Crippen LogP contribution in [-0.2, 0) is 14.8 Å².